The summed E-state index contributed by atoms with van der Waals surface area (Å²) in [7, 11) is 1.66. The lowest BCUT2D eigenvalue weighted by atomic mass is 9.85. The van der Waals surface area contributed by atoms with Crippen LogP contribution in [-0.4, -0.2) is 37.5 Å². The number of nitrogens with two attached hydrogens (primary N) is 2. The Labute approximate surface area is 82.4 Å². The second kappa shape index (κ2) is 4.39. The summed E-state index contributed by atoms with van der Waals surface area (Å²) in [5.74, 6) is -0.906. The first-order valence-electron chi connectivity index (χ1n) is 4.57. The van der Waals surface area contributed by atoms with Crippen LogP contribution in [0.3, 0.4) is 0 Å². The van der Waals surface area contributed by atoms with Crippen LogP contribution in [0.5, 0.6) is 0 Å². The van der Waals surface area contributed by atoms with E-state index < -0.39 is 18.0 Å². The monoisotopic (exact) mass is 200 g/mol. The van der Waals surface area contributed by atoms with Crippen molar-refractivity contribution in [3.8, 4) is 0 Å². The van der Waals surface area contributed by atoms with E-state index in [0.29, 0.717) is 13.0 Å². The number of hydrogen-bond donors (Lipinski definition) is 4. The SMILES string of the molecule is CNC1C(=O)NCCC1C(N)C(N)=O. The molecular formula is C8H16N4O2. The maximum atomic E-state index is 11.4. The molecule has 80 valence electrons. The summed E-state index contributed by atoms with van der Waals surface area (Å²) in [4.78, 5) is 22.3. The summed E-state index contributed by atoms with van der Waals surface area (Å²) in [6.07, 6.45) is 0.668. The fourth-order valence-electron chi connectivity index (χ4n) is 1.78. The minimum Gasteiger partial charge on any atom is -0.368 e. The summed E-state index contributed by atoms with van der Waals surface area (Å²) >= 11 is 0. The fraction of sp³-hybridized carbons (Fsp3) is 0.750. The Hall–Kier alpha value is -1.14. The Morgan fingerprint density at radius 3 is 2.86 bits per heavy atom. The van der Waals surface area contributed by atoms with Gasteiger partial charge in [0.1, 0.15) is 0 Å². The number of rotatable bonds is 3. The average molecular weight is 200 g/mol. The van der Waals surface area contributed by atoms with Crippen LogP contribution in [0.1, 0.15) is 6.42 Å². The Morgan fingerprint density at radius 1 is 1.71 bits per heavy atom. The number of nitrogens with one attached hydrogen (secondary N) is 2. The molecule has 6 nitrogen and oxygen atoms in total. The normalized spacial score (nSPS) is 29.4. The van der Waals surface area contributed by atoms with Crippen molar-refractivity contribution in [1.82, 2.24) is 10.6 Å². The summed E-state index contributed by atoms with van der Waals surface area (Å²) in [6, 6.07) is -1.19. The third-order valence-electron chi connectivity index (χ3n) is 2.59. The average Bonchev–Trinajstić information content (AvgIpc) is 2.16. The summed E-state index contributed by atoms with van der Waals surface area (Å²) in [5, 5.41) is 5.54. The molecule has 0 radical (unpaired) electrons. The highest BCUT2D eigenvalue weighted by Crippen LogP contribution is 2.16. The van der Waals surface area contributed by atoms with Gasteiger partial charge in [-0.3, -0.25) is 9.59 Å². The summed E-state index contributed by atoms with van der Waals surface area (Å²) in [5.41, 5.74) is 10.7. The van der Waals surface area contributed by atoms with Crippen molar-refractivity contribution < 1.29 is 9.59 Å². The van der Waals surface area contributed by atoms with E-state index in [1.54, 1.807) is 7.05 Å². The molecule has 0 bridgehead atoms. The van der Waals surface area contributed by atoms with Crippen molar-refractivity contribution in [2.24, 2.45) is 17.4 Å². The van der Waals surface area contributed by atoms with Crippen molar-refractivity contribution in [2.75, 3.05) is 13.6 Å². The van der Waals surface area contributed by atoms with E-state index in [2.05, 4.69) is 10.6 Å². The smallest absolute Gasteiger partial charge is 0.237 e. The van der Waals surface area contributed by atoms with E-state index >= 15 is 0 Å². The van der Waals surface area contributed by atoms with Crippen molar-refractivity contribution >= 4 is 11.8 Å². The molecule has 0 aromatic heterocycles. The fourth-order valence-corrected chi connectivity index (χ4v) is 1.78. The zero-order valence-corrected chi connectivity index (χ0v) is 8.12. The molecule has 2 amide bonds. The van der Waals surface area contributed by atoms with Crippen LogP contribution >= 0.6 is 0 Å². The Bertz CT molecular complexity index is 243. The lowest BCUT2D eigenvalue weighted by molar-refractivity contribution is -0.128. The summed E-state index contributed by atoms with van der Waals surface area (Å²) < 4.78 is 0. The van der Waals surface area contributed by atoms with E-state index in [1.165, 1.54) is 0 Å². The van der Waals surface area contributed by atoms with E-state index in [1.807, 2.05) is 0 Å². The van der Waals surface area contributed by atoms with Crippen LogP contribution in [0.25, 0.3) is 0 Å². The van der Waals surface area contributed by atoms with Gasteiger partial charge in [-0.25, -0.2) is 0 Å². The molecule has 3 unspecified atom stereocenters. The second-order valence-electron chi connectivity index (χ2n) is 3.44. The molecule has 0 spiro atoms. The van der Waals surface area contributed by atoms with Gasteiger partial charge in [-0.15, -0.1) is 0 Å². The number of carbonyl (C=O) groups excluding carboxylic acids is 2. The number of carbonyl (C=O) groups is 2. The van der Waals surface area contributed by atoms with Crippen LogP contribution in [0.4, 0.5) is 0 Å². The highest BCUT2D eigenvalue weighted by atomic mass is 16.2. The van der Waals surface area contributed by atoms with Crippen molar-refractivity contribution in [3.63, 3.8) is 0 Å². The van der Waals surface area contributed by atoms with Crippen molar-refractivity contribution in [3.05, 3.63) is 0 Å². The van der Waals surface area contributed by atoms with E-state index in [0.717, 1.165) is 0 Å². The first-order valence-corrected chi connectivity index (χ1v) is 4.57. The zero-order valence-electron chi connectivity index (χ0n) is 8.12. The molecule has 0 saturated carbocycles. The van der Waals surface area contributed by atoms with E-state index in [4.69, 9.17) is 11.5 Å². The van der Waals surface area contributed by atoms with Gasteiger partial charge < -0.3 is 22.1 Å². The van der Waals surface area contributed by atoms with Gasteiger partial charge in [0.2, 0.25) is 11.8 Å². The lowest BCUT2D eigenvalue weighted by Crippen LogP contribution is -2.59. The number of likely N-dealkylation sites (N-methyl/N-ethyl adjacent to an activating group) is 1. The molecule has 1 saturated heterocycles. The predicted molar refractivity (Wildman–Crippen MR) is 51.1 cm³/mol. The number of piperidine rings is 1. The van der Waals surface area contributed by atoms with Crippen LogP contribution in [0.15, 0.2) is 0 Å². The van der Waals surface area contributed by atoms with Crippen molar-refractivity contribution in [2.45, 2.75) is 18.5 Å². The van der Waals surface area contributed by atoms with Crippen LogP contribution in [-0.2, 0) is 9.59 Å². The van der Waals surface area contributed by atoms with Gasteiger partial charge in [0.05, 0.1) is 12.1 Å². The second-order valence-corrected chi connectivity index (χ2v) is 3.44. The number of primary amides is 1. The van der Waals surface area contributed by atoms with Gasteiger partial charge in [-0.05, 0) is 13.5 Å². The Balaban J connectivity index is 2.74. The quantitative estimate of drug-likeness (QED) is 0.404. The summed E-state index contributed by atoms with van der Waals surface area (Å²) in [6.45, 7) is 0.544. The molecule has 1 fully saturated rings. The zero-order chi connectivity index (χ0) is 10.7. The number of amides is 2. The van der Waals surface area contributed by atoms with Crippen LogP contribution in [0, 0.1) is 5.92 Å². The van der Waals surface area contributed by atoms with Crippen LogP contribution in [0.2, 0.25) is 0 Å². The first kappa shape index (κ1) is 10.9. The third-order valence-corrected chi connectivity index (χ3v) is 2.59. The molecular weight excluding hydrogens is 184 g/mol. The van der Waals surface area contributed by atoms with Gasteiger partial charge in [0, 0.05) is 12.5 Å². The van der Waals surface area contributed by atoms with Gasteiger partial charge in [0.15, 0.2) is 0 Å². The van der Waals surface area contributed by atoms with Gasteiger partial charge in [0.25, 0.3) is 0 Å². The molecule has 1 heterocycles. The maximum absolute atomic E-state index is 11.4. The molecule has 14 heavy (non-hydrogen) atoms. The molecule has 0 aliphatic carbocycles. The molecule has 3 atom stereocenters. The third kappa shape index (κ3) is 2.02. The van der Waals surface area contributed by atoms with Gasteiger partial charge in [-0.2, -0.15) is 0 Å². The molecule has 1 aliphatic heterocycles. The minimum atomic E-state index is -0.765. The van der Waals surface area contributed by atoms with Crippen LogP contribution < -0.4 is 22.1 Å². The Morgan fingerprint density at radius 2 is 2.36 bits per heavy atom. The molecule has 0 aromatic carbocycles. The molecule has 6 N–H and O–H groups in total. The molecule has 6 heteroatoms. The highest BCUT2D eigenvalue weighted by molar-refractivity contribution is 5.86. The van der Waals surface area contributed by atoms with E-state index in [-0.39, 0.29) is 11.8 Å². The number of hydrogen-bond acceptors (Lipinski definition) is 4. The Kier molecular flexibility index (Phi) is 3.43. The minimum absolute atomic E-state index is 0.125. The topological polar surface area (TPSA) is 110 Å². The highest BCUT2D eigenvalue weighted by Gasteiger charge is 2.36. The lowest BCUT2D eigenvalue weighted by Gasteiger charge is -2.33. The van der Waals surface area contributed by atoms with E-state index in [9.17, 15) is 9.59 Å². The maximum Gasteiger partial charge on any atom is 0.237 e. The predicted octanol–water partition coefficient (Wildman–Crippen LogP) is -2.48. The molecule has 0 aromatic rings. The molecule has 1 rings (SSSR count). The van der Waals surface area contributed by atoms with Gasteiger partial charge >= 0.3 is 0 Å². The van der Waals surface area contributed by atoms with Crippen molar-refractivity contribution in [1.29, 1.82) is 0 Å². The van der Waals surface area contributed by atoms with Gasteiger partial charge in [-0.1, -0.05) is 0 Å². The largest absolute Gasteiger partial charge is 0.368 e. The standard InChI is InChI=1S/C8H16N4O2/c1-11-6-4(5(9)7(10)13)2-3-12-8(6)14/h4-6,11H,2-3,9H2,1H3,(H2,10,13)(H,12,14). The molecule has 1 aliphatic rings. The first-order chi connectivity index (χ1) is 6.57.